The second-order valence-corrected chi connectivity index (χ2v) is 3.93. The zero-order valence-electron chi connectivity index (χ0n) is 10.4. The Morgan fingerprint density at radius 2 is 2.05 bits per heavy atom. The maximum Gasteiger partial charge on any atom is 0.416 e. The van der Waals surface area contributed by atoms with Crippen LogP contribution in [0.4, 0.5) is 4.79 Å². The van der Waals surface area contributed by atoms with E-state index < -0.39 is 24.6 Å². The van der Waals surface area contributed by atoms with Crippen LogP contribution in [0.2, 0.25) is 0 Å². The van der Waals surface area contributed by atoms with Gasteiger partial charge < -0.3 is 9.47 Å². The summed E-state index contributed by atoms with van der Waals surface area (Å²) in [7, 11) is 0. The minimum Gasteiger partial charge on any atom is -0.452 e. The second kappa shape index (κ2) is 5.84. The highest BCUT2D eigenvalue weighted by molar-refractivity contribution is 5.96. The van der Waals surface area contributed by atoms with Crippen molar-refractivity contribution < 1.29 is 23.9 Å². The number of hydrogen-bond donors (Lipinski definition) is 0. The van der Waals surface area contributed by atoms with Gasteiger partial charge in [0.1, 0.15) is 6.61 Å². The molecule has 0 aliphatic carbocycles. The van der Waals surface area contributed by atoms with Gasteiger partial charge in [0.2, 0.25) is 0 Å². The number of ether oxygens (including phenoxy) is 2. The van der Waals surface area contributed by atoms with Crippen LogP contribution < -0.4 is 0 Å². The molecule has 1 aliphatic rings. The van der Waals surface area contributed by atoms with E-state index in [9.17, 15) is 14.4 Å². The van der Waals surface area contributed by atoms with E-state index in [0.717, 1.165) is 4.90 Å². The molecule has 0 radical (unpaired) electrons. The van der Waals surface area contributed by atoms with Gasteiger partial charge in [0, 0.05) is 0 Å². The van der Waals surface area contributed by atoms with Gasteiger partial charge in [-0.25, -0.2) is 14.5 Å². The van der Waals surface area contributed by atoms with Gasteiger partial charge in [-0.05, 0) is 24.3 Å². The minimum atomic E-state index is -0.732. The summed E-state index contributed by atoms with van der Waals surface area (Å²) in [6, 6.07) is 7.71. The van der Waals surface area contributed by atoms with Gasteiger partial charge in [0.15, 0.2) is 6.61 Å². The first-order valence-corrected chi connectivity index (χ1v) is 5.76. The summed E-state index contributed by atoms with van der Waals surface area (Å²) in [4.78, 5) is 35.2. The van der Waals surface area contributed by atoms with Crippen LogP contribution in [0, 0.1) is 11.3 Å². The van der Waals surface area contributed by atoms with Crippen LogP contribution in [0.5, 0.6) is 0 Å². The first kappa shape index (κ1) is 13.5. The van der Waals surface area contributed by atoms with Crippen molar-refractivity contribution in [2.75, 3.05) is 19.8 Å². The van der Waals surface area contributed by atoms with Crippen molar-refractivity contribution >= 4 is 18.0 Å². The van der Waals surface area contributed by atoms with Crippen LogP contribution in [0.3, 0.4) is 0 Å². The number of cyclic esters (lactones) is 1. The van der Waals surface area contributed by atoms with Crippen molar-refractivity contribution in [1.29, 1.82) is 5.26 Å². The van der Waals surface area contributed by atoms with Crippen molar-refractivity contribution in [1.82, 2.24) is 4.90 Å². The lowest BCUT2D eigenvalue weighted by molar-refractivity contribution is -0.131. The van der Waals surface area contributed by atoms with Crippen molar-refractivity contribution in [3.63, 3.8) is 0 Å². The number of benzene rings is 1. The summed E-state index contributed by atoms with van der Waals surface area (Å²) in [6.45, 7) is -0.228. The van der Waals surface area contributed by atoms with Crippen molar-refractivity contribution in [3.8, 4) is 6.07 Å². The fourth-order valence-corrected chi connectivity index (χ4v) is 1.59. The maximum atomic E-state index is 11.7. The fraction of sp³-hybridized carbons (Fsp3) is 0.231. The molecule has 1 aliphatic heterocycles. The third kappa shape index (κ3) is 2.92. The van der Waals surface area contributed by atoms with Gasteiger partial charge in [0.25, 0.3) is 5.91 Å². The predicted molar refractivity (Wildman–Crippen MR) is 64.5 cm³/mol. The standard InChI is InChI=1S/C13H10N2O5/c14-7-9-1-3-10(4-2-9)12(17)20-8-11(16)15-5-6-19-13(15)18/h1-4H,5-6,8H2. The van der Waals surface area contributed by atoms with Crippen molar-refractivity contribution in [2.45, 2.75) is 0 Å². The Bertz CT molecular complexity index is 588. The minimum absolute atomic E-state index is 0.147. The second-order valence-electron chi connectivity index (χ2n) is 3.93. The van der Waals surface area contributed by atoms with Crippen LogP contribution in [-0.4, -0.2) is 42.6 Å². The molecule has 0 saturated carbocycles. The Kier molecular flexibility index (Phi) is 3.96. The lowest BCUT2D eigenvalue weighted by Crippen LogP contribution is -2.35. The van der Waals surface area contributed by atoms with Crippen LogP contribution in [0.25, 0.3) is 0 Å². The monoisotopic (exact) mass is 274 g/mol. The molecule has 20 heavy (non-hydrogen) atoms. The molecule has 1 aromatic carbocycles. The maximum absolute atomic E-state index is 11.7. The molecule has 0 unspecified atom stereocenters. The number of esters is 1. The average Bonchev–Trinajstić information content (AvgIpc) is 2.90. The molecular formula is C13H10N2O5. The summed E-state index contributed by atoms with van der Waals surface area (Å²) < 4.78 is 9.40. The highest BCUT2D eigenvalue weighted by Gasteiger charge is 2.28. The predicted octanol–water partition coefficient (Wildman–Crippen LogP) is 0.694. The van der Waals surface area contributed by atoms with E-state index in [1.54, 1.807) is 0 Å². The molecule has 0 atom stereocenters. The van der Waals surface area contributed by atoms with Gasteiger partial charge in [-0.3, -0.25) is 4.79 Å². The normalized spacial score (nSPS) is 13.6. The highest BCUT2D eigenvalue weighted by Crippen LogP contribution is 2.07. The lowest BCUT2D eigenvalue weighted by Gasteiger charge is -2.10. The van der Waals surface area contributed by atoms with Gasteiger partial charge in [0.05, 0.1) is 23.7 Å². The topological polar surface area (TPSA) is 96.7 Å². The summed E-state index contributed by atoms with van der Waals surface area (Å²) >= 11 is 0. The Labute approximate surface area is 114 Å². The van der Waals surface area contributed by atoms with E-state index in [2.05, 4.69) is 4.74 Å². The summed E-state index contributed by atoms with van der Waals surface area (Å²) in [6.07, 6.45) is -0.732. The average molecular weight is 274 g/mol. The number of nitrogens with zero attached hydrogens (tertiary/aromatic N) is 2. The molecule has 1 heterocycles. The van der Waals surface area contributed by atoms with Gasteiger partial charge in [-0.1, -0.05) is 0 Å². The smallest absolute Gasteiger partial charge is 0.416 e. The number of amides is 2. The van der Waals surface area contributed by atoms with E-state index >= 15 is 0 Å². The van der Waals surface area contributed by atoms with Crippen LogP contribution in [0.15, 0.2) is 24.3 Å². The van der Waals surface area contributed by atoms with Crippen LogP contribution in [-0.2, 0) is 14.3 Å². The number of rotatable bonds is 3. The number of carbonyl (C=O) groups is 3. The largest absolute Gasteiger partial charge is 0.452 e. The van der Waals surface area contributed by atoms with Crippen molar-refractivity contribution in [2.24, 2.45) is 0 Å². The molecule has 0 aromatic heterocycles. The van der Waals surface area contributed by atoms with E-state index in [-0.39, 0.29) is 18.7 Å². The molecule has 1 aromatic rings. The van der Waals surface area contributed by atoms with E-state index in [0.29, 0.717) is 5.56 Å². The Hall–Kier alpha value is -2.88. The summed E-state index contributed by atoms with van der Waals surface area (Å²) in [5.41, 5.74) is 0.637. The molecule has 7 nitrogen and oxygen atoms in total. The zero-order valence-corrected chi connectivity index (χ0v) is 10.4. The molecule has 0 bridgehead atoms. The number of nitriles is 1. The summed E-state index contributed by atoms with van der Waals surface area (Å²) in [5, 5.41) is 8.63. The molecule has 0 N–H and O–H groups in total. The third-order valence-corrected chi connectivity index (χ3v) is 2.64. The Morgan fingerprint density at radius 1 is 1.35 bits per heavy atom. The number of imide groups is 1. The highest BCUT2D eigenvalue weighted by atomic mass is 16.6. The zero-order chi connectivity index (χ0) is 14.5. The number of carbonyl (C=O) groups excluding carboxylic acids is 3. The molecule has 102 valence electrons. The molecule has 0 spiro atoms. The molecule has 2 amide bonds. The lowest BCUT2D eigenvalue weighted by atomic mass is 10.1. The first-order chi connectivity index (χ1) is 9.61. The summed E-state index contributed by atoms with van der Waals surface area (Å²) in [5.74, 6) is -1.33. The van der Waals surface area contributed by atoms with Gasteiger partial charge >= 0.3 is 12.1 Å². The molecule has 7 heteroatoms. The van der Waals surface area contributed by atoms with Gasteiger partial charge in [-0.2, -0.15) is 5.26 Å². The molecule has 1 saturated heterocycles. The van der Waals surface area contributed by atoms with Crippen LogP contribution in [0.1, 0.15) is 15.9 Å². The quantitative estimate of drug-likeness (QED) is 0.752. The number of hydrogen-bond acceptors (Lipinski definition) is 6. The van der Waals surface area contributed by atoms with Gasteiger partial charge in [-0.15, -0.1) is 0 Å². The van der Waals surface area contributed by atoms with E-state index in [1.807, 2.05) is 6.07 Å². The van der Waals surface area contributed by atoms with E-state index in [4.69, 9.17) is 10.00 Å². The fourth-order valence-electron chi connectivity index (χ4n) is 1.59. The molecular weight excluding hydrogens is 264 g/mol. The van der Waals surface area contributed by atoms with Crippen molar-refractivity contribution in [3.05, 3.63) is 35.4 Å². The first-order valence-electron chi connectivity index (χ1n) is 5.76. The third-order valence-electron chi connectivity index (χ3n) is 2.64. The molecule has 1 fully saturated rings. The Balaban J connectivity index is 1.90. The molecule has 2 rings (SSSR count). The Morgan fingerprint density at radius 3 is 2.60 bits per heavy atom. The van der Waals surface area contributed by atoms with E-state index in [1.165, 1.54) is 24.3 Å². The van der Waals surface area contributed by atoms with Crippen LogP contribution >= 0.6 is 0 Å². The SMILES string of the molecule is N#Cc1ccc(C(=O)OCC(=O)N2CCOC2=O)cc1.